The number of hydrogen-bond acceptors (Lipinski definition) is 4. The zero-order chi connectivity index (χ0) is 18.7. The van der Waals surface area contributed by atoms with Gasteiger partial charge in [-0.2, -0.15) is 5.10 Å². The lowest BCUT2D eigenvalue weighted by molar-refractivity contribution is 0.131. The van der Waals surface area contributed by atoms with Crippen molar-refractivity contribution in [1.82, 2.24) is 9.91 Å². The molecule has 3 rings (SSSR count). The summed E-state index contributed by atoms with van der Waals surface area (Å²) in [5.41, 5.74) is 4.77. The molecule has 1 N–H and O–H groups in total. The summed E-state index contributed by atoms with van der Waals surface area (Å²) in [4.78, 5) is 2.47. The van der Waals surface area contributed by atoms with Gasteiger partial charge in [-0.05, 0) is 53.0 Å². The van der Waals surface area contributed by atoms with Crippen LogP contribution in [0.5, 0.6) is 5.75 Å². The van der Waals surface area contributed by atoms with Gasteiger partial charge in [-0.3, -0.25) is 9.91 Å². The third-order valence-electron chi connectivity index (χ3n) is 4.66. The normalized spacial score (nSPS) is 15.8. The van der Waals surface area contributed by atoms with Crippen LogP contribution in [-0.2, 0) is 6.54 Å². The van der Waals surface area contributed by atoms with Crippen LogP contribution in [0.4, 0.5) is 0 Å². The monoisotopic (exact) mass is 479 g/mol. The number of hydrazone groups is 1. The van der Waals surface area contributed by atoms with Gasteiger partial charge in [0, 0.05) is 42.8 Å². The zero-order valence-electron chi connectivity index (χ0n) is 15.0. The van der Waals surface area contributed by atoms with Crippen molar-refractivity contribution in [2.45, 2.75) is 20.4 Å². The van der Waals surface area contributed by atoms with E-state index in [2.05, 4.69) is 78.9 Å². The maximum Gasteiger partial charge on any atom is 0.138 e. The molecule has 4 nitrogen and oxygen atoms in total. The van der Waals surface area contributed by atoms with Gasteiger partial charge in [0.2, 0.25) is 0 Å². The van der Waals surface area contributed by atoms with Gasteiger partial charge < -0.3 is 5.11 Å². The summed E-state index contributed by atoms with van der Waals surface area (Å²) < 4.78 is 1.56. The van der Waals surface area contributed by atoms with Crippen LogP contribution in [0.15, 0.2) is 44.4 Å². The van der Waals surface area contributed by atoms with Crippen molar-refractivity contribution in [3.05, 3.63) is 61.5 Å². The zero-order valence-corrected chi connectivity index (χ0v) is 18.2. The molecular formula is C20H23Br2N3O. The molecule has 0 spiro atoms. The van der Waals surface area contributed by atoms with Gasteiger partial charge in [0.1, 0.15) is 5.75 Å². The van der Waals surface area contributed by atoms with E-state index in [1.165, 1.54) is 16.7 Å². The average molecular weight is 481 g/mol. The molecule has 0 saturated carbocycles. The second kappa shape index (κ2) is 8.55. The van der Waals surface area contributed by atoms with Crippen LogP contribution in [0.3, 0.4) is 0 Å². The first-order valence-electron chi connectivity index (χ1n) is 8.68. The third-order valence-corrected chi connectivity index (χ3v) is 5.72. The molecule has 1 aliphatic heterocycles. The van der Waals surface area contributed by atoms with E-state index >= 15 is 0 Å². The minimum Gasteiger partial charge on any atom is -0.506 e. The molecule has 0 unspecified atom stereocenters. The summed E-state index contributed by atoms with van der Waals surface area (Å²) in [7, 11) is 0. The average Bonchev–Trinajstić information content (AvgIpc) is 2.60. The molecule has 0 aliphatic carbocycles. The Morgan fingerprint density at radius 2 is 1.81 bits per heavy atom. The molecule has 2 aromatic carbocycles. The molecular weight excluding hydrogens is 458 g/mol. The lowest BCUT2D eigenvalue weighted by Gasteiger charge is -2.33. The highest BCUT2D eigenvalue weighted by molar-refractivity contribution is 9.11. The minimum absolute atomic E-state index is 0.213. The smallest absolute Gasteiger partial charge is 0.138 e. The highest BCUT2D eigenvalue weighted by Crippen LogP contribution is 2.30. The maximum atomic E-state index is 10.1. The van der Waals surface area contributed by atoms with Crippen LogP contribution in [0.1, 0.15) is 22.3 Å². The summed E-state index contributed by atoms with van der Waals surface area (Å²) in [6, 6.07) is 10.4. The van der Waals surface area contributed by atoms with Gasteiger partial charge in [-0.25, -0.2) is 0 Å². The Hall–Kier alpha value is -1.37. The van der Waals surface area contributed by atoms with E-state index in [9.17, 15) is 5.11 Å². The van der Waals surface area contributed by atoms with Crippen molar-refractivity contribution < 1.29 is 5.11 Å². The molecule has 1 fully saturated rings. The quantitative estimate of drug-likeness (QED) is 0.645. The molecule has 138 valence electrons. The number of benzene rings is 2. The van der Waals surface area contributed by atoms with E-state index in [-0.39, 0.29) is 5.75 Å². The number of aromatic hydroxyl groups is 1. The van der Waals surface area contributed by atoms with Crippen molar-refractivity contribution in [3.63, 3.8) is 0 Å². The Labute approximate surface area is 171 Å². The summed E-state index contributed by atoms with van der Waals surface area (Å²) >= 11 is 6.79. The maximum absolute atomic E-state index is 10.1. The van der Waals surface area contributed by atoms with Crippen molar-refractivity contribution in [2.75, 3.05) is 26.2 Å². The van der Waals surface area contributed by atoms with E-state index in [0.717, 1.165) is 37.2 Å². The molecule has 26 heavy (non-hydrogen) atoms. The standard InChI is InChI=1S/C20H23Br2N3O/c1-14-3-4-16(15(2)9-14)13-24-5-7-25(8-6-24)23-12-17-10-18(21)11-19(22)20(17)26/h3-4,9-12,26H,5-8,13H2,1-2H3/b23-12-. The van der Waals surface area contributed by atoms with Crippen molar-refractivity contribution in [2.24, 2.45) is 5.10 Å². The summed E-state index contributed by atoms with van der Waals surface area (Å²) in [5, 5.41) is 16.7. The van der Waals surface area contributed by atoms with Gasteiger partial charge in [0.05, 0.1) is 10.7 Å². The Balaban J connectivity index is 1.57. The number of phenolic OH excluding ortho intramolecular Hbond substituents is 1. The first kappa shape index (κ1) is 19.4. The van der Waals surface area contributed by atoms with Crippen LogP contribution < -0.4 is 0 Å². The molecule has 0 atom stereocenters. The Morgan fingerprint density at radius 3 is 2.50 bits per heavy atom. The Bertz CT molecular complexity index is 815. The number of phenols is 1. The first-order valence-corrected chi connectivity index (χ1v) is 10.3. The largest absolute Gasteiger partial charge is 0.506 e. The number of halogens is 2. The molecule has 6 heteroatoms. The number of nitrogens with zero attached hydrogens (tertiary/aromatic N) is 3. The fraction of sp³-hybridized carbons (Fsp3) is 0.350. The Kier molecular flexibility index (Phi) is 6.37. The number of rotatable bonds is 4. The minimum atomic E-state index is 0.213. The topological polar surface area (TPSA) is 39.1 Å². The first-order chi connectivity index (χ1) is 12.4. The van der Waals surface area contributed by atoms with E-state index in [1.54, 1.807) is 6.21 Å². The molecule has 0 aromatic heterocycles. The second-order valence-electron chi connectivity index (χ2n) is 6.73. The summed E-state index contributed by atoms with van der Waals surface area (Å²) in [6.07, 6.45) is 1.73. The second-order valence-corrected chi connectivity index (χ2v) is 8.50. The van der Waals surface area contributed by atoms with Gasteiger partial charge >= 0.3 is 0 Å². The predicted molar refractivity (Wildman–Crippen MR) is 114 cm³/mol. The van der Waals surface area contributed by atoms with Crippen LogP contribution in [0.25, 0.3) is 0 Å². The fourth-order valence-corrected chi connectivity index (χ4v) is 4.36. The molecule has 0 amide bonds. The fourth-order valence-electron chi connectivity index (χ4n) is 3.10. The molecule has 1 heterocycles. The summed E-state index contributed by atoms with van der Waals surface area (Å²) in [6.45, 7) is 9.05. The highest BCUT2D eigenvalue weighted by Gasteiger charge is 2.16. The van der Waals surface area contributed by atoms with E-state index in [1.807, 2.05) is 12.1 Å². The molecule has 1 saturated heterocycles. The lowest BCUT2D eigenvalue weighted by Crippen LogP contribution is -2.43. The van der Waals surface area contributed by atoms with Gasteiger partial charge in [0.25, 0.3) is 0 Å². The molecule has 0 radical (unpaired) electrons. The van der Waals surface area contributed by atoms with Crippen molar-refractivity contribution in [1.29, 1.82) is 0 Å². The molecule has 0 bridgehead atoms. The van der Waals surface area contributed by atoms with Crippen LogP contribution in [0, 0.1) is 13.8 Å². The molecule has 2 aromatic rings. The van der Waals surface area contributed by atoms with E-state index < -0.39 is 0 Å². The van der Waals surface area contributed by atoms with Crippen molar-refractivity contribution >= 4 is 38.1 Å². The van der Waals surface area contributed by atoms with E-state index in [4.69, 9.17) is 0 Å². The van der Waals surface area contributed by atoms with Gasteiger partial charge in [0.15, 0.2) is 0 Å². The van der Waals surface area contributed by atoms with Gasteiger partial charge in [-0.1, -0.05) is 39.7 Å². The lowest BCUT2D eigenvalue weighted by atomic mass is 10.1. The number of hydrogen-bond donors (Lipinski definition) is 1. The summed E-state index contributed by atoms with van der Waals surface area (Å²) in [5.74, 6) is 0.213. The Morgan fingerprint density at radius 1 is 1.08 bits per heavy atom. The van der Waals surface area contributed by atoms with Crippen LogP contribution >= 0.6 is 31.9 Å². The third kappa shape index (κ3) is 4.87. The predicted octanol–water partition coefficient (Wildman–Crippen LogP) is 4.69. The highest BCUT2D eigenvalue weighted by atomic mass is 79.9. The van der Waals surface area contributed by atoms with Crippen molar-refractivity contribution in [3.8, 4) is 5.75 Å². The molecule has 1 aliphatic rings. The number of aryl methyl sites for hydroxylation is 2. The van der Waals surface area contributed by atoms with Crippen LogP contribution in [-0.4, -0.2) is 47.4 Å². The van der Waals surface area contributed by atoms with Crippen LogP contribution in [0.2, 0.25) is 0 Å². The van der Waals surface area contributed by atoms with Gasteiger partial charge in [-0.15, -0.1) is 0 Å². The number of piperazine rings is 1. The SMILES string of the molecule is Cc1ccc(CN2CCN(/N=C\c3cc(Br)cc(Br)c3O)CC2)c(C)c1. The van der Waals surface area contributed by atoms with E-state index in [0.29, 0.717) is 10.0 Å².